The summed E-state index contributed by atoms with van der Waals surface area (Å²) >= 11 is 0. The number of Topliss-reactive ketones (excluding diaryl/α,β-unsaturated/α-hetero) is 1. The molecule has 1 aromatic carbocycles. The number of hydrogen-bond acceptors (Lipinski definition) is 5. The molecule has 0 spiro atoms. The van der Waals surface area contributed by atoms with Gasteiger partial charge in [0.2, 0.25) is 0 Å². The van der Waals surface area contributed by atoms with Gasteiger partial charge in [-0.2, -0.15) is 0 Å². The van der Waals surface area contributed by atoms with E-state index in [1.165, 1.54) is 7.11 Å². The van der Waals surface area contributed by atoms with Gasteiger partial charge in [-0.25, -0.2) is 0 Å². The van der Waals surface area contributed by atoms with Gasteiger partial charge in [0.25, 0.3) is 0 Å². The normalized spacial score (nSPS) is 13.0. The van der Waals surface area contributed by atoms with Crippen LogP contribution in [0.25, 0.3) is 0 Å². The molecule has 0 fully saturated rings. The van der Waals surface area contributed by atoms with Crippen LogP contribution in [0.5, 0.6) is 5.75 Å². The van der Waals surface area contributed by atoms with Crippen LogP contribution in [0.2, 0.25) is 0 Å². The lowest BCUT2D eigenvalue weighted by molar-refractivity contribution is -0.112. The Morgan fingerprint density at radius 1 is 1.04 bits per heavy atom. The van der Waals surface area contributed by atoms with E-state index < -0.39 is 6.29 Å². The highest BCUT2D eigenvalue weighted by Crippen LogP contribution is 2.34. The summed E-state index contributed by atoms with van der Waals surface area (Å²) in [4.78, 5) is 17.3. The molecule has 0 N–H and O–H groups in total. The van der Waals surface area contributed by atoms with Gasteiger partial charge in [0, 0.05) is 13.5 Å². The van der Waals surface area contributed by atoms with Crippen LogP contribution in [-0.4, -0.2) is 32.0 Å². The van der Waals surface area contributed by atoms with Crippen molar-refractivity contribution in [3.8, 4) is 5.75 Å². The number of carbonyl (C=O) groups is 1. The number of ether oxygens (including phenoxy) is 2. The van der Waals surface area contributed by atoms with Crippen LogP contribution in [-0.2, 0) is 14.4 Å². The van der Waals surface area contributed by atoms with Crippen molar-refractivity contribution in [1.29, 1.82) is 0 Å². The zero-order valence-electron chi connectivity index (χ0n) is 15.4. The third-order valence-electron chi connectivity index (χ3n) is 4.25. The van der Waals surface area contributed by atoms with Crippen molar-refractivity contribution >= 4 is 11.5 Å². The second kappa shape index (κ2) is 8.11. The first-order valence-corrected chi connectivity index (χ1v) is 7.74. The fourth-order valence-electron chi connectivity index (χ4n) is 2.42. The quantitative estimate of drug-likeness (QED) is 0.437. The molecule has 1 unspecified atom stereocenters. The van der Waals surface area contributed by atoms with Crippen LogP contribution in [0, 0.1) is 27.7 Å². The molecule has 1 rings (SSSR count). The number of nitrogens with zero attached hydrogens (tertiary/aromatic N) is 1. The Labute approximate surface area is 138 Å². The number of rotatable bonds is 7. The first-order chi connectivity index (χ1) is 10.8. The van der Waals surface area contributed by atoms with E-state index in [2.05, 4.69) is 5.16 Å². The molecule has 0 heterocycles. The molecular weight excluding hydrogens is 294 g/mol. The summed E-state index contributed by atoms with van der Waals surface area (Å²) in [6.45, 7) is 11.6. The van der Waals surface area contributed by atoms with Gasteiger partial charge in [-0.05, 0) is 56.9 Å². The lowest BCUT2D eigenvalue weighted by Gasteiger charge is -2.23. The van der Waals surface area contributed by atoms with Gasteiger partial charge in [0.15, 0.2) is 17.8 Å². The lowest BCUT2D eigenvalue weighted by Crippen LogP contribution is -2.22. The molecule has 0 aliphatic carbocycles. The van der Waals surface area contributed by atoms with Crippen molar-refractivity contribution in [3.63, 3.8) is 0 Å². The van der Waals surface area contributed by atoms with E-state index in [0.29, 0.717) is 17.7 Å². The Morgan fingerprint density at radius 3 is 2.09 bits per heavy atom. The van der Waals surface area contributed by atoms with Crippen molar-refractivity contribution in [2.45, 2.75) is 54.3 Å². The van der Waals surface area contributed by atoms with E-state index in [1.54, 1.807) is 14.0 Å². The van der Waals surface area contributed by atoms with Crippen molar-refractivity contribution in [1.82, 2.24) is 0 Å². The van der Waals surface area contributed by atoms with Gasteiger partial charge in [-0.3, -0.25) is 4.79 Å². The maximum absolute atomic E-state index is 12.4. The van der Waals surface area contributed by atoms with Crippen molar-refractivity contribution < 1.29 is 19.1 Å². The molecule has 0 radical (unpaired) electrons. The number of oxime groups is 1. The monoisotopic (exact) mass is 321 g/mol. The van der Waals surface area contributed by atoms with E-state index >= 15 is 0 Å². The van der Waals surface area contributed by atoms with Crippen molar-refractivity contribution in [3.05, 3.63) is 27.8 Å². The van der Waals surface area contributed by atoms with Crippen LogP contribution in [0.1, 0.15) is 48.1 Å². The Balaban J connectivity index is 3.73. The predicted octanol–water partition coefficient (Wildman–Crippen LogP) is 3.62. The number of ketones is 1. The van der Waals surface area contributed by atoms with Crippen molar-refractivity contribution in [2.75, 3.05) is 14.2 Å². The highest BCUT2D eigenvalue weighted by Gasteiger charge is 2.25. The Hall–Kier alpha value is -1.88. The molecule has 5 heteroatoms. The topological polar surface area (TPSA) is 57.1 Å². The molecule has 0 saturated carbocycles. The first kappa shape index (κ1) is 19.2. The molecule has 0 aliphatic heterocycles. The van der Waals surface area contributed by atoms with Crippen molar-refractivity contribution in [2.24, 2.45) is 5.16 Å². The van der Waals surface area contributed by atoms with Gasteiger partial charge in [0.1, 0.15) is 12.9 Å². The van der Waals surface area contributed by atoms with E-state index in [-0.39, 0.29) is 11.5 Å². The Kier molecular flexibility index (Phi) is 6.76. The average molecular weight is 321 g/mol. The Morgan fingerprint density at radius 2 is 1.61 bits per heavy atom. The number of hydrogen-bond donors (Lipinski definition) is 0. The highest BCUT2D eigenvalue weighted by molar-refractivity contribution is 6.47. The molecule has 1 aromatic rings. The average Bonchev–Trinajstić information content (AvgIpc) is 2.55. The van der Waals surface area contributed by atoms with Crippen LogP contribution >= 0.6 is 0 Å². The second-order valence-electron chi connectivity index (χ2n) is 5.52. The highest BCUT2D eigenvalue weighted by atomic mass is 16.7. The van der Waals surface area contributed by atoms with Crippen LogP contribution in [0.3, 0.4) is 0 Å². The van der Waals surface area contributed by atoms with Crippen LogP contribution < -0.4 is 4.74 Å². The maximum atomic E-state index is 12.4. The molecule has 128 valence electrons. The summed E-state index contributed by atoms with van der Waals surface area (Å²) in [5, 5.41) is 3.98. The van der Waals surface area contributed by atoms with E-state index in [9.17, 15) is 4.79 Å². The van der Waals surface area contributed by atoms with Gasteiger partial charge in [0.05, 0.1) is 5.56 Å². The van der Waals surface area contributed by atoms with Gasteiger partial charge in [-0.15, -0.1) is 0 Å². The second-order valence-corrected chi connectivity index (χ2v) is 5.52. The number of benzene rings is 1. The van der Waals surface area contributed by atoms with E-state index in [1.807, 2.05) is 34.6 Å². The smallest absolute Gasteiger partial charge is 0.196 e. The molecule has 0 aliphatic rings. The molecule has 0 saturated heterocycles. The summed E-state index contributed by atoms with van der Waals surface area (Å²) < 4.78 is 11.2. The first-order valence-electron chi connectivity index (χ1n) is 7.74. The maximum Gasteiger partial charge on any atom is 0.196 e. The van der Waals surface area contributed by atoms with E-state index in [0.717, 1.165) is 22.3 Å². The third kappa shape index (κ3) is 3.91. The molecule has 23 heavy (non-hydrogen) atoms. The minimum absolute atomic E-state index is 0.0903. The summed E-state index contributed by atoms with van der Waals surface area (Å²) in [5.74, 6) is 0.532. The number of carbonyl (C=O) groups excluding carboxylic acids is 1. The largest absolute Gasteiger partial charge is 0.464 e. The molecule has 0 bridgehead atoms. The number of methoxy groups -OCH3 is 1. The third-order valence-corrected chi connectivity index (χ3v) is 4.25. The molecule has 1 atom stereocenters. The van der Waals surface area contributed by atoms with E-state index in [4.69, 9.17) is 14.3 Å². The predicted molar refractivity (Wildman–Crippen MR) is 91.3 cm³/mol. The summed E-state index contributed by atoms with van der Waals surface area (Å²) in [5.41, 5.74) is 5.15. The zero-order chi connectivity index (χ0) is 17.7. The molecule has 0 amide bonds. The molecule has 0 aromatic heterocycles. The minimum Gasteiger partial charge on any atom is -0.464 e. The van der Waals surface area contributed by atoms with Crippen LogP contribution in [0.15, 0.2) is 5.16 Å². The summed E-state index contributed by atoms with van der Waals surface area (Å²) in [7, 11) is 3.01. The standard InChI is InChI=1S/C18H27NO4/c1-9-15(20)17(19-22-8)16-12(4)10(2)11(3)13(5)18(16)23-14(6)21-7/h14H,9H2,1-8H3. The Bertz CT molecular complexity index is 620. The lowest BCUT2D eigenvalue weighted by atomic mass is 9.89. The minimum atomic E-state index is -0.436. The van der Waals surface area contributed by atoms with Gasteiger partial charge < -0.3 is 14.3 Å². The van der Waals surface area contributed by atoms with Crippen LogP contribution in [0.4, 0.5) is 0 Å². The summed E-state index contributed by atoms with van der Waals surface area (Å²) in [6.07, 6.45) is -0.0955. The molecular formula is C18H27NO4. The summed E-state index contributed by atoms with van der Waals surface area (Å²) in [6, 6.07) is 0. The van der Waals surface area contributed by atoms with Gasteiger partial charge in [-0.1, -0.05) is 12.1 Å². The fraction of sp³-hybridized carbons (Fsp3) is 0.556. The van der Waals surface area contributed by atoms with Gasteiger partial charge >= 0.3 is 0 Å². The fourth-order valence-corrected chi connectivity index (χ4v) is 2.42. The SMILES string of the molecule is CCC(=O)C(=NOC)c1c(C)c(C)c(C)c(C)c1OC(C)OC. The zero-order valence-corrected chi connectivity index (χ0v) is 15.4. The molecule has 5 nitrogen and oxygen atoms in total.